The summed E-state index contributed by atoms with van der Waals surface area (Å²) in [5.41, 5.74) is 3.53. The average molecular weight is 334 g/mol. The van der Waals surface area contributed by atoms with Crippen LogP contribution in [0.5, 0.6) is 0 Å². The molecule has 8 nitrogen and oxygen atoms in total. The van der Waals surface area contributed by atoms with Crippen molar-refractivity contribution >= 4 is 16.9 Å². The molecule has 0 fully saturated rings. The van der Waals surface area contributed by atoms with E-state index in [9.17, 15) is 4.79 Å². The van der Waals surface area contributed by atoms with Crippen LogP contribution in [0.25, 0.3) is 22.3 Å². The average Bonchev–Trinajstić information content (AvgIpc) is 3.30. The van der Waals surface area contributed by atoms with Gasteiger partial charge in [-0.15, -0.1) is 0 Å². The second kappa shape index (κ2) is 6.16. The summed E-state index contributed by atoms with van der Waals surface area (Å²) < 4.78 is 5.34. The summed E-state index contributed by atoms with van der Waals surface area (Å²) in [6.45, 7) is 0.313. The Kier molecular flexibility index (Phi) is 3.70. The van der Waals surface area contributed by atoms with E-state index in [-0.39, 0.29) is 5.91 Å². The molecule has 0 aliphatic heterocycles. The van der Waals surface area contributed by atoms with Crippen molar-refractivity contribution in [3.63, 3.8) is 0 Å². The van der Waals surface area contributed by atoms with Gasteiger partial charge in [-0.05, 0) is 30.3 Å². The molecule has 1 aromatic carbocycles. The fourth-order valence-electron chi connectivity index (χ4n) is 2.55. The summed E-state index contributed by atoms with van der Waals surface area (Å²) in [7, 11) is 1.71. The largest absolute Gasteiger partial charge is 0.359 e. The summed E-state index contributed by atoms with van der Waals surface area (Å²) in [5, 5.41) is 14.6. The Balaban J connectivity index is 1.50. The van der Waals surface area contributed by atoms with E-state index in [2.05, 4.69) is 25.6 Å². The lowest BCUT2D eigenvalue weighted by molar-refractivity contribution is 0.0772. The maximum Gasteiger partial charge on any atom is 0.254 e. The Bertz CT molecular complexity index is 1020. The number of nitrogens with zero attached hydrogens (tertiary/aromatic N) is 5. The SMILES string of the molecule is CN(Cc1cc(-c2ccncc2)no1)C(=O)c1ccc2n[nH]nc2c1. The molecule has 0 saturated carbocycles. The molecule has 0 aliphatic carbocycles. The van der Waals surface area contributed by atoms with Crippen LogP contribution in [0.4, 0.5) is 0 Å². The normalized spacial score (nSPS) is 10.9. The fraction of sp³-hybridized carbons (Fsp3) is 0.118. The van der Waals surface area contributed by atoms with Gasteiger partial charge < -0.3 is 9.42 Å². The van der Waals surface area contributed by atoms with E-state index in [4.69, 9.17) is 4.52 Å². The number of carbonyl (C=O) groups is 1. The molecular formula is C17H14N6O2. The van der Waals surface area contributed by atoms with Crippen molar-refractivity contribution in [1.82, 2.24) is 30.5 Å². The molecule has 1 N–H and O–H groups in total. The van der Waals surface area contributed by atoms with Crippen molar-refractivity contribution in [3.8, 4) is 11.3 Å². The zero-order valence-electron chi connectivity index (χ0n) is 13.4. The molecule has 0 saturated heterocycles. The van der Waals surface area contributed by atoms with Gasteiger partial charge in [-0.1, -0.05) is 5.16 Å². The Morgan fingerprint density at radius 3 is 2.76 bits per heavy atom. The molecule has 124 valence electrons. The molecule has 4 rings (SSSR count). The minimum Gasteiger partial charge on any atom is -0.359 e. The number of nitrogens with one attached hydrogen (secondary N) is 1. The lowest BCUT2D eigenvalue weighted by Gasteiger charge is -2.15. The number of H-pyrrole nitrogens is 1. The Morgan fingerprint density at radius 2 is 1.92 bits per heavy atom. The van der Waals surface area contributed by atoms with Crippen LogP contribution in [0.2, 0.25) is 0 Å². The quantitative estimate of drug-likeness (QED) is 0.614. The number of carbonyl (C=O) groups excluding carboxylic acids is 1. The van der Waals surface area contributed by atoms with Gasteiger partial charge >= 0.3 is 0 Å². The first-order valence-corrected chi connectivity index (χ1v) is 7.63. The van der Waals surface area contributed by atoms with Crippen molar-refractivity contribution < 1.29 is 9.32 Å². The molecule has 0 aliphatic rings. The maximum absolute atomic E-state index is 12.6. The van der Waals surface area contributed by atoms with Crippen molar-refractivity contribution in [2.45, 2.75) is 6.54 Å². The highest BCUT2D eigenvalue weighted by Gasteiger charge is 2.16. The number of hydrogen-bond donors (Lipinski definition) is 1. The predicted molar refractivity (Wildman–Crippen MR) is 89.4 cm³/mol. The molecule has 3 heterocycles. The molecule has 8 heteroatoms. The van der Waals surface area contributed by atoms with E-state index in [1.54, 1.807) is 42.5 Å². The van der Waals surface area contributed by atoms with Gasteiger partial charge in [0, 0.05) is 36.6 Å². The second-order valence-electron chi connectivity index (χ2n) is 5.60. The number of fused-ring (bicyclic) bond motifs is 1. The monoisotopic (exact) mass is 334 g/mol. The molecule has 25 heavy (non-hydrogen) atoms. The smallest absolute Gasteiger partial charge is 0.254 e. The molecule has 0 spiro atoms. The highest BCUT2D eigenvalue weighted by molar-refractivity contribution is 5.97. The Labute approximate surface area is 142 Å². The van der Waals surface area contributed by atoms with E-state index < -0.39 is 0 Å². The Morgan fingerprint density at radius 1 is 1.12 bits per heavy atom. The first-order chi connectivity index (χ1) is 12.2. The second-order valence-corrected chi connectivity index (χ2v) is 5.60. The molecule has 1 amide bonds. The van der Waals surface area contributed by atoms with Crippen LogP contribution >= 0.6 is 0 Å². The standard InChI is InChI=1S/C17H14N6O2/c1-23(17(24)12-2-3-14-16(8-12)20-22-19-14)10-13-9-15(21-25-13)11-4-6-18-7-5-11/h2-9H,10H2,1H3,(H,19,20,22). The number of aromatic nitrogens is 5. The van der Waals surface area contributed by atoms with E-state index >= 15 is 0 Å². The first kappa shape index (κ1) is 15.0. The molecular weight excluding hydrogens is 320 g/mol. The zero-order chi connectivity index (χ0) is 17.2. The summed E-state index contributed by atoms with van der Waals surface area (Å²) in [6, 6.07) is 10.7. The van der Waals surface area contributed by atoms with Crippen LogP contribution in [0.15, 0.2) is 53.3 Å². The summed E-state index contributed by atoms with van der Waals surface area (Å²) in [5.74, 6) is 0.469. The maximum atomic E-state index is 12.6. The number of aromatic amines is 1. The predicted octanol–water partition coefficient (Wildman–Crippen LogP) is 2.28. The van der Waals surface area contributed by atoms with Gasteiger partial charge in [0.05, 0.1) is 6.54 Å². The lowest BCUT2D eigenvalue weighted by atomic mass is 10.1. The first-order valence-electron chi connectivity index (χ1n) is 7.63. The van der Waals surface area contributed by atoms with Gasteiger partial charge in [-0.25, -0.2) is 0 Å². The zero-order valence-corrected chi connectivity index (χ0v) is 13.4. The van der Waals surface area contributed by atoms with Crippen molar-refractivity contribution in [2.75, 3.05) is 7.05 Å². The van der Waals surface area contributed by atoms with E-state index in [0.29, 0.717) is 29.1 Å². The van der Waals surface area contributed by atoms with Gasteiger partial charge in [0.1, 0.15) is 16.7 Å². The molecule has 0 atom stereocenters. The van der Waals surface area contributed by atoms with Gasteiger partial charge in [-0.3, -0.25) is 9.78 Å². The highest BCUT2D eigenvalue weighted by Crippen LogP contribution is 2.19. The highest BCUT2D eigenvalue weighted by atomic mass is 16.5. The van der Waals surface area contributed by atoms with Gasteiger partial charge in [-0.2, -0.15) is 15.4 Å². The number of rotatable bonds is 4. The lowest BCUT2D eigenvalue weighted by Crippen LogP contribution is -2.25. The minimum absolute atomic E-state index is 0.133. The number of pyridine rings is 1. The van der Waals surface area contributed by atoms with Gasteiger partial charge in [0.2, 0.25) is 0 Å². The summed E-state index contributed by atoms with van der Waals surface area (Å²) in [6.07, 6.45) is 3.39. The van der Waals surface area contributed by atoms with Crippen LogP contribution in [0, 0.1) is 0 Å². The van der Waals surface area contributed by atoms with E-state index in [1.807, 2.05) is 18.2 Å². The van der Waals surface area contributed by atoms with E-state index in [0.717, 1.165) is 11.1 Å². The topological polar surface area (TPSA) is 101 Å². The molecule has 0 bridgehead atoms. The summed E-state index contributed by atoms with van der Waals surface area (Å²) >= 11 is 0. The third-order valence-electron chi connectivity index (χ3n) is 3.84. The summed E-state index contributed by atoms with van der Waals surface area (Å²) in [4.78, 5) is 18.1. The van der Waals surface area contributed by atoms with Crippen LogP contribution in [0.1, 0.15) is 16.1 Å². The van der Waals surface area contributed by atoms with Crippen LogP contribution in [-0.4, -0.2) is 43.4 Å². The van der Waals surface area contributed by atoms with Crippen molar-refractivity contribution in [1.29, 1.82) is 0 Å². The minimum atomic E-state index is -0.133. The number of hydrogen-bond acceptors (Lipinski definition) is 6. The molecule has 3 aromatic heterocycles. The van der Waals surface area contributed by atoms with Gasteiger partial charge in [0.25, 0.3) is 5.91 Å². The molecule has 0 radical (unpaired) electrons. The van der Waals surface area contributed by atoms with Crippen LogP contribution in [-0.2, 0) is 6.54 Å². The number of benzene rings is 1. The molecule has 0 unspecified atom stereocenters. The number of amides is 1. The third kappa shape index (κ3) is 2.97. The van der Waals surface area contributed by atoms with E-state index in [1.165, 1.54) is 0 Å². The van der Waals surface area contributed by atoms with Crippen molar-refractivity contribution in [3.05, 3.63) is 60.1 Å². The van der Waals surface area contributed by atoms with Crippen LogP contribution < -0.4 is 0 Å². The third-order valence-corrected chi connectivity index (χ3v) is 3.84. The Hall–Kier alpha value is -3.55. The van der Waals surface area contributed by atoms with Gasteiger partial charge in [0.15, 0.2) is 5.76 Å². The fourth-order valence-corrected chi connectivity index (χ4v) is 2.55. The molecule has 4 aromatic rings. The van der Waals surface area contributed by atoms with Crippen LogP contribution in [0.3, 0.4) is 0 Å². The van der Waals surface area contributed by atoms with Crippen molar-refractivity contribution in [2.24, 2.45) is 0 Å².